The normalized spacial score (nSPS) is 33.3. The lowest BCUT2D eigenvalue weighted by Crippen LogP contribution is -2.52. The minimum atomic E-state index is -3.94. The average Bonchev–Trinajstić information content (AvgIpc) is 3.13. The van der Waals surface area contributed by atoms with Crippen molar-refractivity contribution in [1.29, 1.82) is 0 Å². The average molecular weight is 423 g/mol. The summed E-state index contributed by atoms with van der Waals surface area (Å²) in [6, 6.07) is 6.41. The Morgan fingerprint density at radius 3 is 2.59 bits per heavy atom. The molecule has 4 rings (SSSR count). The molecule has 29 heavy (non-hydrogen) atoms. The molecule has 158 valence electrons. The third kappa shape index (κ3) is 2.81. The van der Waals surface area contributed by atoms with Crippen molar-refractivity contribution in [2.24, 2.45) is 16.7 Å². The predicted octanol–water partition coefficient (Wildman–Crippen LogP) is 1.60. The van der Waals surface area contributed by atoms with Gasteiger partial charge >= 0.3 is 0 Å². The van der Waals surface area contributed by atoms with Gasteiger partial charge in [0.05, 0.1) is 11.8 Å². The Labute approximate surface area is 170 Å². The number of aliphatic hydroxyl groups excluding tert-OH is 1. The van der Waals surface area contributed by atoms with Crippen molar-refractivity contribution in [1.82, 2.24) is 4.31 Å². The van der Waals surface area contributed by atoms with Crippen molar-refractivity contribution in [3.8, 4) is 0 Å². The van der Waals surface area contributed by atoms with Crippen LogP contribution in [0.3, 0.4) is 0 Å². The van der Waals surface area contributed by atoms with Gasteiger partial charge in [-0.1, -0.05) is 44.2 Å². The molecule has 2 saturated carbocycles. The van der Waals surface area contributed by atoms with E-state index < -0.39 is 44.5 Å². The topological polar surface area (TPSA) is 118 Å². The van der Waals surface area contributed by atoms with Crippen LogP contribution < -0.4 is 0 Å². The summed E-state index contributed by atoms with van der Waals surface area (Å²) in [5.74, 6) is -0.882. The number of fused-ring (bicyclic) bond motifs is 1. The highest BCUT2D eigenvalue weighted by atomic mass is 32.2. The van der Waals surface area contributed by atoms with E-state index in [2.05, 4.69) is 13.8 Å². The van der Waals surface area contributed by atoms with Crippen LogP contribution >= 0.6 is 0 Å². The van der Waals surface area contributed by atoms with Gasteiger partial charge in [-0.05, 0) is 36.2 Å². The van der Waals surface area contributed by atoms with Gasteiger partial charge in [0.15, 0.2) is 0 Å². The molecule has 1 amide bonds. The number of amides is 1. The number of hydrogen-bond donors (Lipinski definition) is 1. The summed E-state index contributed by atoms with van der Waals surface area (Å²) in [4.78, 5) is 24.0. The zero-order valence-corrected chi connectivity index (χ0v) is 17.3. The van der Waals surface area contributed by atoms with Crippen LogP contribution in [-0.2, 0) is 21.2 Å². The van der Waals surface area contributed by atoms with Crippen LogP contribution in [0.25, 0.3) is 0 Å². The summed E-state index contributed by atoms with van der Waals surface area (Å²) in [5.41, 5.74) is -0.157. The van der Waals surface area contributed by atoms with E-state index in [1.54, 1.807) is 30.3 Å². The Kier molecular flexibility index (Phi) is 4.55. The maximum atomic E-state index is 13.1. The Hall–Kier alpha value is -2.00. The zero-order valence-electron chi connectivity index (χ0n) is 16.5. The Morgan fingerprint density at radius 1 is 1.34 bits per heavy atom. The fraction of sp³-hybridized carbons (Fsp3) is 0.650. The van der Waals surface area contributed by atoms with Crippen molar-refractivity contribution in [3.63, 3.8) is 0 Å². The minimum absolute atomic E-state index is 0.131. The molecule has 8 nitrogen and oxygen atoms in total. The summed E-state index contributed by atoms with van der Waals surface area (Å²) in [7, 11) is -3.94. The SMILES string of the molecule is CC1(C)C2CCC13CS(=O)(=O)N(C(=O)[C@@H](O)[C@@H](Cc1ccccc1)[N+](=O)[O-])[C@@H]3C2. The molecule has 1 aromatic carbocycles. The van der Waals surface area contributed by atoms with Crippen LogP contribution in [0.15, 0.2) is 30.3 Å². The van der Waals surface area contributed by atoms with Crippen LogP contribution in [0, 0.1) is 26.9 Å². The lowest BCUT2D eigenvalue weighted by atomic mass is 9.69. The Morgan fingerprint density at radius 2 is 2.00 bits per heavy atom. The molecule has 1 heterocycles. The number of nitro groups is 1. The Bertz CT molecular complexity index is 947. The highest BCUT2D eigenvalue weighted by Gasteiger charge is 2.72. The van der Waals surface area contributed by atoms with Gasteiger partial charge in [-0.25, -0.2) is 12.7 Å². The highest BCUT2D eigenvalue weighted by molar-refractivity contribution is 7.90. The van der Waals surface area contributed by atoms with Gasteiger partial charge < -0.3 is 5.11 Å². The van der Waals surface area contributed by atoms with E-state index >= 15 is 0 Å². The summed E-state index contributed by atoms with van der Waals surface area (Å²) in [6.45, 7) is 4.11. The summed E-state index contributed by atoms with van der Waals surface area (Å²) >= 11 is 0. The van der Waals surface area contributed by atoms with E-state index in [0.29, 0.717) is 17.9 Å². The molecule has 9 heteroatoms. The first kappa shape index (κ1) is 20.3. The lowest BCUT2D eigenvalue weighted by molar-refractivity contribution is -0.530. The molecule has 2 aliphatic carbocycles. The van der Waals surface area contributed by atoms with Gasteiger partial charge in [0.1, 0.15) is 0 Å². The third-order valence-electron chi connectivity index (χ3n) is 7.80. The summed E-state index contributed by atoms with van der Waals surface area (Å²) in [6.07, 6.45) is 0.0366. The van der Waals surface area contributed by atoms with Gasteiger partial charge in [0, 0.05) is 16.8 Å². The highest BCUT2D eigenvalue weighted by Crippen LogP contribution is 2.70. The molecule has 1 aliphatic heterocycles. The standard InChI is InChI=1S/C20H26N2O6S/c1-19(2)14-8-9-20(19)12-29(27,28)21(16(20)11-14)18(24)17(23)15(22(25)26)10-13-6-4-3-5-7-13/h3-7,14-17,23H,8-12H2,1-2H3/t14?,15-,16-,17+,20?/m1/s1. The molecule has 5 atom stereocenters. The second-order valence-corrected chi connectivity index (χ2v) is 11.1. The molecule has 2 bridgehead atoms. The Balaban J connectivity index is 1.64. The maximum Gasteiger partial charge on any atom is 0.272 e. The van der Waals surface area contributed by atoms with Crippen molar-refractivity contribution in [2.45, 2.75) is 57.7 Å². The van der Waals surface area contributed by atoms with E-state index in [1.807, 2.05) is 0 Å². The second-order valence-electron chi connectivity index (χ2n) is 9.24. The van der Waals surface area contributed by atoms with Crippen LogP contribution in [0.1, 0.15) is 38.7 Å². The molecule has 0 radical (unpaired) electrons. The monoisotopic (exact) mass is 422 g/mol. The number of carbonyl (C=O) groups is 1. The van der Waals surface area contributed by atoms with Gasteiger partial charge in [0.25, 0.3) is 11.9 Å². The van der Waals surface area contributed by atoms with Crippen molar-refractivity contribution < 1.29 is 23.2 Å². The van der Waals surface area contributed by atoms with E-state index in [-0.39, 0.29) is 17.6 Å². The summed E-state index contributed by atoms with van der Waals surface area (Å²) in [5, 5.41) is 22.2. The molecule has 3 fully saturated rings. The zero-order chi connectivity index (χ0) is 21.2. The fourth-order valence-electron chi connectivity index (χ4n) is 6.03. The molecular weight excluding hydrogens is 396 g/mol. The number of sulfonamides is 1. The number of rotatable bonds is 5. The lowest BCUT2D eigenvalue weighted by Gasteiger charge is -2.37. The third-order valence-corrected chi connectivity index (χ3v) is 9.72. The predicted molar refractivity (Wildman–Crippen MR) is 105 cm³/mol. The van der Waals surface area contributed by atoms with Crippen molar-refractivity contribution in [2.75, 3.05) is 5.75 Å². The maximum absolute atomic E-state index is 13.1. The summed E-state index contributed by atoms with van der Waals surface area (Å²) < 4.78 is 26.7. The molecule has 1 saturated heterocycles. The van der Waals surface area contributed by atoms with E-state index in [0.717, 1.165) is 17.1 Å². The van der Waals surface area contributed by atoms with Crippen molar-refractivity contribution in [3.05, 3.63) is 46.0 Å². The molecule has 2 unspecified atom stereocenters. The second kappa shape index (κ2) is 6.50. The largest absolute Gasteiger partial charge is 0.377 e. The first-order valence-corrected chi connectivity index (χ1v) is 11.5. The molecule has 3 aliphatic rings. The van der Waals surface area contributed by atoms with Crippen LogP contribution in [0.5, 0.6) is 0 Å². The van der Waals surface area contributed by atoms with Crippen molar-refractivity contribution >= 4 is 15.9 Å². The van der Waals surface area contributed by atoms with Gasteiger partial charge in [-0.2, -0.15) is 0 Å². The number of hydrogen-bond acceptors (Lipinski definition) is 6. The van der Waals surface area contributed by atoms with Gasteiger partial charge in [-0.15, -0.1) is 0 Å². The number of carbonyl (C=O) groups excluding carboxylic acids is 1. The number of aliphatic hydroxyl groups is 1. The molecule has 1 spiro atoms. The van der Waals surface area contributed by atoms with Crippen LogP contribution in [-0.4, -0.2) is 52.6 Å². The molecular formula is C20H26N2O6S. The fourth-order valence-corrected chi connectivity index (χ4v) is 8.59. The van der Waals surface area contributed by atoms with E-state index in [9.17, 15) is 28.4 Å². The van der Waals surface area contributed by atoms with Gasteiger partial charge in [0.2, 0.25) is 16.1 Å². The minimum Gasteiger partial charge on any atom is -0.377 e. The first-order valence-electron chi connectivity index (χ1n) is 9.93. The number of nitrogens with zero attached hydrogens (tertiary/aromatic N) is 2. The van der Waals surface area contributed by atoms with Gasteiger partial charge in [-0.3, -0.25) is 14.9 Å². The number of benzene rings is 1. The molecule has 1 aromatic rings. The first-order chi connectivity index (χ1) is 13.5. The quantitative estimate of drug-likeness (QED) is 0.569. The van der Waals surface area contributed by atoms with Crippen LogP contribution in [0.2, 0.25) is 0 Å². The molecule has 0 aromatic heterocycles. The van der Waals surface area contributed by atoms with E-state index in [1.165, 1.54) is 0 Å². The van der Waals surface area contributed by atoms with Crippen LogP contribution in [0.4, 0.5) is 0 Å². The smallest absolute Gasteiger partial charge is 0.272 e. The molecule has 1 N–H and O–H groups in total. The van der Waals surface area contributed by atoms with E-state index in [4.69, 9.17) is 0 Å².